The molecule has 5 atom stereocenters. The van der Waals surface area contributed by atoms with Crippen LogP contribution in [0.25, 0.3) is 10.9 Å². The van der Waals surface area contributed by atoms with Crippen LogP contribution in [-0.2, 0) is 25.6 Å². The van der Waals surface area contributed by atoms with Gasteiger partial charge in [-0.05, 0) is 57.2 Å². The smallest absolute Gasteiger partial charge is 0.326 e. The summed E-state index contributed by atoms with van der Waals surface area (Å²) in [6.07, 6.45) is 3.05. The molecule has 2 heterocycles. The van der Waals surface area contributed by atoms with E-state index in [1.54, 1.807) is 6.20 Å². The normalized spacial score (nSPS) is 18.5. The Kier molecular flexibility index (Phi) is 10.2. The number of nitrogens with one attached hydrogen (secondary N) is 3. The van der Waals surface area contributed by atoms with E-state index in [1.807, 2.05) is 24.3 Å². The van der Waals surface area contributed by atoms with Crippen LogP contribution < -0.4 is 22.1 Å². The molecule has 1 aromatic heterocycles. The van der Waals surface area contributed by atoms with Gasteiger partial charge >= 0.3 is 5.97 Å². The van der Waals surface area contributed by atoms with Crippen LogP contribution in [0.5, 0.6) is 0 Å². The van der Waals surface area contributed by atoms with Gasteiger partial charge in [0.25, 0.3) is 0 Å². The van der Waals surface area contributed by atoms with Crippen molar-refractivity contribution in [3.63, 3.8) is 0 Å². The van der Waals surface area contributed by atoms with Crippen molar-refractivity contribution in [2.45, 2.75) is 75.7 Å². The molecule has 208 valence electrons. The van der Waals surface area contributed by atoms with Crippen molar-refractivity contribution in [1.82, 2.24) is 20.5 Å². The third kappa shape index (κ3) is 7.09. The van der Waals surface area contributed by atoms with Crippen molar-refractivity contribution >= 4 is 34.6 Å². The first-order valence-corrected chi connectivity index (χ1v) is 13.0. The summed E-state index contributed by atoms with van der Waals surface area (Å²) >= 11 is 0. The van der Waals surface area contributed by atoms with Gasteiger partial charge in [-0.1, -0.05) is 18.2 Å². The van der Waals surface area contributed by atoms with Crippen LogP contribution in [0.1, 0.15) is 44.6 Å². The number of para-hydroxylation sites is 1. The third-order valence-electron chi connectivity index (χ3n) is 6.94. The highest BCUT2D eigenvalue weighted by atomic mass is 16.4. The lowest BCUT2D eigenvalue weighted by Crippen LogP contribution is -2.58. The molecule has 3 amide bonds. The van der Waals surface area contributed by atoms with E-state index < -0.39 is 54.0 Å². The van der Waals surface area contributed by atoms with Crippen molar-refractivity contribution < 1.29 is 29.4 Å². The quantitative estimate of drug-likeness (QED) is 0.169. The van der Waals surface area contributed by atoms with E-state index in [2.05, 4.69) is 15.6 Å². The lowest BCUT2D eigenvalue weighted by molar-refractivity contribution is -0.149. The van der Waals surface area contributed by atoms with Crippen molar-refractivity contribution in [2.24, 2.45) is 11.5 Å². The minimum Gasteiger partial charge on any atom is -0.480 e. The average molecular weight is 531 g/mol. The van der Waals surface area contributed by atoms with Crippen molar-refractivity contribution in [2.75, 3.05) is 13.1 Å². The summed E-state index contributed by atoms with van der Waals surface area (Å²) < 4.78 is 0. The van der Waals surface area contributed by atoms with E-state index in [1.165, 1.54) is 11.8 Å². The van der Waals surface area contributed by atoms with E-state index in [9.17, 15) is 29.4 Å². The molecule has 0 aliphatic carbocycles. The number of aromatic nitrogens is 1. The Bertz CT molecular complexity index is 1130. The molecule has 1 saturated heterocycles. The molecule has 0 spiro atoms. The molecule has 38 heavy (non-hydrogen) atoms. The molecule has 3 rings (SSSR count). The Morgan fingerprint density at radius 2 is 1.84 bits per heavy atom. The van der Waals surface area contributed by atoms with E-state index in [0.29, 0.717) is 32.2 Å². The maximum Gasteiger partial charge on any atom is 0.326 e. The number of carbonyl (C=O) groups excluding carboxylic acids is 3. The fourth-order valence-corrected chi connectivity index (χ4v) is 4.73. The summed E-state index contributed by atoms with van der Waals surface area (Å²) in [6, 6.07) is 3.22. The van der Waals surface area contributed by atoms with E-state index in [4.69, 9.17) is 11.5 Å². The van der Waals surface area contributed by atoms with Crippen LogP contribution in [0.15, 0.2) is 30.5 Å². The van der Waals surface area contributed by atoms with Gasteiger partial charge in [0, 0.05) is 30.1 Å². The van der Waals surface area contributed by atoms with E-state index >= 15 is 0 Å². The first kappa shape index (κ1) is 29.1. The highest BCUT2D eigenvalue weighted by Crippen LogP contribution is 2.21. The van der Waals surface area contributed by atoms with Crippen LogP contribution in [0.3, 0.4) is 0 Å². The Morgan fingerprint density at radius 1 is 1.13 bits per heavy atom. The molecule has 1 fully saturated rings. The molecule has 12 heteroatoms. The number of aliphatic hydroxyl groups excluding tert-OH is 1. The summed E-state index contributed by atoms with van der Waals surface area (Å²) in [7, 11) is 0. The predicted octanol–water partition coefficient (Wildman–Crippen LogP) is -0.407. The third-order valence-corrected chi connectivity index (χ3v) is 6.94. The van der Waals surface area contributed by atoms with Crippen LogP contribution in [0, 0.1) is 0 Å². The molecule has 1 aliphatic heterocycles. The zero-order chi connectivity index (χ0) is 27.8. The molecule has 2 aromatic rings. The minimum atomic E-state index is -1.25. The summed E-state index contributed by atoms with van der Waals surface area (Å²) in [5.74, 6) is -2.88. The monoisotopic (exact) mass is 530 g/mol. The Morgan fingerprint density at radius 3 is 2.53 bits per heavy atom. The number of carbonyl (C=O) groups is 4. The maximum absolute atomic E-state index is 13.6. The summed E-state index contributed by atoms with van der Waals surface area (Å²) in [5.41, 5.74) is 13.0. The molecule has 5 unspecified atom stereocenters. The van der Waals surface area contributed by atoms with Gasteiger partial charge < -0.3 is 42.2 Å². The van der Waals surface area contributed by atoms with Gasteiger partial charge in [0.05, 0.1) is 6.10 Å². The second kappa shape index (κ2) is 13.4. The number of fused-ring (bicyclic) bond motifs is 1. The summed E-state index contributed by atoms with van der Waals surface area (Å²) in [6.45, 7) is 2.07. The number of benzene rings is 1. The molecular formula is C26H38N6O6. The number of nitrogens with two attached hydrogens (primary N) is 2. The van der Waals surface area contributed by atoms with Crippen molar-refractivity contribution in [3.05, 3.63) is 36.0 Å². The number of aromatic amines is 1. The second-order valence-corrected chi connectivity index (χ2v) is 9.76. The lowest BCUT2D eigenvalue weighted by Gasteiger charge is -2.29. The van der Waals surface area contributed by atoms with E-state index in [0.717, 1.165) is 16.5 Å². The van der Waals surface area contributed by atoms with Gasteiger partial charge in [-0.2, -0.15) is 0 Å². The van der Waals surface area contributed by atoms with Crippen LogP contribution in [0.4, 0.5) is 0 Å². The molecule has 12 nitrogen and oxygen atoms in total. The Balaban J connectivity index is 1.85. The number of amides is 3. The van der Waals surface area contributed by atoms with Gasteiger partial charge in [0.2, 0.25) is 17.7 Å². The van der Waals surface area contributed by atoms with Crippen LogP contribution in [-0.4, -0.2) is 87.1 Å². The van der Waals surface area contributed by atoms with Gasteiger partial charge in [-0.25, -0.2) is 4.79 Å². The zero-order valence-corrected chi connectivity index (χ0v) is 21.6. The first-order valence-electron chi connectivity index (χ1n) is 13.0. The lowest BCUT2D eigenvalue weighted by atomic mass is 10.0. The zero-order valence-electron chi connectivity index (χ0n) is 21.6. The second-order valence-electron chi connectivity index (χ2n) is 9.76. The number of aliphatic hydroxyl groups is 1. The predicted molar refractivity (Wildman–Crippen MR) is 141 cm³/mol. The number of nitrogens with zero attached hydrogens (tertiary/aromatic N) is 1. The number of carboxylic acid groups (broad SMARTS) is 1. The molecule has 0 bridgehead atoms. The number of rotatable bonds is 13. The molecule has 9 N–H and O–H groups in total. The molecule has 0 saturated carbocycles. The van der Waals surface area contributed by atoms with Crippen LogP contribution in [0.2, 0.25) is 0 Å². The summed E-state index contributed by atoms with van der Waals surface area (Å²) in [5, 5.41) is 25.6. The molecule has 1 aromatic carbocycles. The fraction of sp³-hybridized carbons (Fsp3) is 0.538. The van der Waals surface area contributed by atoms with Gasteiger partial charge in [-0.15, -0.1) is 0 Å². The van der Waals surface area contributed by atoms with E-state index in [-0.39, 0.29) is 19.4 Å². The SMILES string of the molecule is CC(O)C(N)C(=O)NC(Cc1c[nH]c2ccccc12)C(=O)NC(CCCCN)C(=O)N1CCCC1C(=O)O. The number of H-pyrrole nitrogens is 1. The number of hydrogen-bond acceptors (Lipinski definition) is 7. The minimum absolute atomic E-state index is 0.0965. The maximum atomic E-state index is 13.6. The fourth-order valence-electron chi connectivity index (χ4n) is 4.73. The average Bonchev–Trinajstić information content (AvgIpc) is 3.54. The topological polar surface area (TPSA) is 204 Å². The molecule has 1 aliphatic rings. The molecular weight excluding hydrogens is 492 g/mol. The number of aliphatic carboxylic acids is 1. The highest BCUT2D eigenvalue weighted by molar-refractivity contribution is 5.95. The number of hydrogen-bond donors (Lipinski definition) is 7. The number of likely N-dealkylation sites (tertiary alicyclic amines) is 1. The molecule has 0 radical (unpaired) electrons. The standard InChI is InChI=1S/C26H38N6O6/c1-15(33)22(28)24(35)31-20(13-16-14-29-18-8-3-2-7-17(16)18)23(34)30-19(9-4-5-11-27)25(36)32-12-6-10-21(32)26(37)38/h2-3,7-8,14-15,19-22,29,33H,4-6,9-13,27-28H2,1H3,(H,30,34)(H,31,35)(H,37,38). The van der Waals surface area contributed by atoms with Gasteiger partial charge in [0.1, 0.15) is 24.2 Å². The largest absolute Gasteiger partial charge is 0.480 e. The van der Waals surface area contributed by atoms with Crippen LogP contribution >= 0.6 is 0 Å². The number of unbranched alkanes of at least 4 members (excludes halogenated alkanes) is 1. The highest BCUT2D eigenvalue weighted by Gasteiger charge is 2.38. The van der Waals surface area contributed by atoms with Crippen molar-refractivity contribution in [3.8, 4) is 0 Å². The number of carboxylic acids is 1. The Labute approximate surface area is 221 Å². The van der Waals surface area contributed by atoms with Gasteiger partial charge in [0.15, 0.2) is 0 Å². The first-order chi connectivity index (χ1) is 18.1. The van der Waals surface area contributed by atoms with Crippen molar-refractivity contribution in [1.29, 1.82) is 0 Å². The Hall–Kier alpha value is -3.48. The van der Waals surface area contributed by atoms with Gasteiger partial charge in [-0.3, -0.25) is 14.4 Å². The summed E-state index contributed by atoms with van der Waals surface area (Å²) in [4.78, 5) is 55.8.